The molecule has 78 valence electrons. The summed E-state index contributed by atoms with van der Waals surface area (Å²) in [6.45, 7) is 5.87. The zero-order valence-corrected chi connectivity index (χ0v) is 9.02. The lowest BCUT2D eigenvalue weighted by atomic mass is 9.72. The van der Waals surface area contributed by atoms with Gasteiger partial charge in [-0.05, 0) is 26.7 Å². The summed E-state index contributed by atoms with van der Waals surface area (Å²) in [7, 11) is 0. The number of piperidine rings is 1. The van der Waals surface area contributed by atoms with Crippen LogP contribution in [0.2, 0.25) is 0 Å². The number of allylic oxidation sites excluding steroid dienone is 1. The second-order valence-corrected chi connectivity index (χ2v) is 3.78. The van der Waals surface area contributed by atoms with E-state index in [9.17, 15) is 9.59 Å². The molecule has 1 heterocycles. The first-order chi connectivity index (χ1) is 6.56. The van der Waals surface area contributed by atoms with Gasteiger partial charge in [-0.15, -0.1) is 0 Å². The van der Waals surface area contributed by atoms with Crippen molar-refractivity contribution in [2.24, 2.45) is 5.41 Å². The summed E-state index contributed by atoms with van der Waals surface area (Å²) in [5, 5.41) is 2.42. The van der Waals surface area contributed by atoms with Crippen LogP contribution >= 0.6 is 0 Å². The lowest BCUT2D eigenvalue weighted by Crippen LogP contribution is -2.49. The third-order valence-electron chi connectivity index (χ3n) is 3.26. The second kappa shape index (κ2) is 3.95. The highest BCUT2D eigenvalue weighted by Crippen LogP contribution is 2.38. The van der Waals surface area contributed by atoms with Crippen molar-refractivity contribution in [3.8, 4) is 0 Å². The summed E-state index contributed by atoms with van der Waals surface area (Å²) in [4.78, 5) is 22.8. The van der Waals surface area contributed by atoms with Crippen LogP contribution < -0.4 is 5.32 Å². The fourth-order valence-electron chi connectivity index (χ4n) is 2.02. The minimum atomic E-state index is -0.442. The Morgan fingerprint density at radius 1 is 1.57 bits per heavy atom. The van der Waals surface area contributed by atoms with Gasteiger partial charge in [-0.3, -0.25) is 14.9 Å². The summed E-state index contributed by atoms with van der Waals surface area (Å²) in [6, 6.07) is 0. The van der Waals surface area contributed by atoms with E-state index in [1.54, 1.807) is 0 Å². The van der Waals surface area contributed by atoms with Crippen LogP contribution in [-0.2, 0) is 9.59 Å². The predicted octanol–water partition coefficient (Wildman–Crippen LogP) is 1.79. The summed E-state index contributed by atoms with van der Waals surface area (Å²) in [5.41, 5.74) is 0.618. The maximum atomic E-state index is 11.8. The molecule has 3 heteroatoms. The molecule has 1 fully saturated rings. The van der Waals surface area contributed by atoms with E-state index in [4.69, 9.17) is 0 Å². The number of amides is 2. The third-order valence-corrected chi connectivity index (χ3v) is 3.26. The maximum absolute atomic E-state index is 11.8. The van der Waals surface area contributed by atoms with Gasteiger partial charge in [0.2, 0.25) is 11.8 Å². The van der Waals surface area contributed by atoms with E-state index in [2.05, 4.69) is 5.32 Å². The van der Waals surface area contributed by atoms with Gasteiger partial charge in [-0.1, -0.05) is 18.6 Å². The van der Waals surface area contributed by atoms with E-state index in [-0.39, 0.29) is 11.8 Å². The van der Waals surface area contributed by atoms with Gasteiger partial charge in [0.15, 0.2) is 0 Å². The summed E-state index contributed by atoms with van der Waals surface area (Å²) < 4.78 is 0. The Balaban J connectivity index is 3.00. The van der Waals surface area contributed by atoms with Crippen LogP contribution in [0.3, 0.4) is 0 Å². The van der Waals surface area contributed by atoms with Gasteiger partial charge >= 0.3 is 0 Å². The Bertz CT molecular complexity index is 294. The first-order valence-corrected chi connectivity index (χ1v) is 5.04. The van der Waals surface area contributed by atoms with Crippen molar-refractivity contribution in [3.05, 3.63) is 11.6 Å². The molecular formula is C11H17NO2. The van der Waals surface area contributed by atoms with Gasteiger partial charge in [0, 0.05) is 6.42 Å². The molecule has 1 unspecified atom stereocenters. The van der Waals surface area contributed by atoms with Gasteiger partial charge in [0.05, 0.1) is 5.41 Å². The van der Waals surface area contributed by atoms with E-state index in [1.165, 1.54) is 0 Å². The topological polar surface area (TPSA) is 46.2 Å². The van der Waals surface area contributed by atoms with Crippen molar-refractivity contribution in [1.29, 1.82) is 0 Å². The Morgan fingerprint density at radius 2 is 2.21 bits per heavy atom. The van der Waals surface area contributed by atoms with Crippen molar-refractivity contribution >= 4 is 11.8 Å². The second-order valence-electron chi connectivity index (χ2n) is 3.78. The number of carbonyl (C=O) groups is 2. The number of imide groups is 1. The number of rotatable bonds is 2. The Kier molecular flexibility index (Phi) is 3.09. The van der Waals surface area contributed by atoms with Crippen molar-refractivity contribution in [1.82, 2.24) is 5.32 Å². The highest BCUT2D eigenvalue weighted by atomic mass is 16.2. The molecule has 1 rings (SSSR count). The molecule has 0 spiro atoms. The van der Waals surface area contributed by atoms with Gasteiger partial charge in [0.25, 0.3) is 0 Å². The average Bonchev–Trinajstić information content (AvgIpc) is 2.18. The van der Waals surface area contributed by atoms with Crippen LogP contribution in [0.4, 0.5) is 0 Å². The highest BCUT2D eigenvalue weighted by molar-refractivity contribution is 6.02. The average molecular weight is 195 g/mol. The largest absolute Gasteiger partial charge is 0.296 e. The van der Waals surface area contributed by atoms with E-state index >= 15 is 0 Å². The fourth-order valence-corrected chi connectivity index (χ4v) is 2.02. The smallest absolute Gasteiger partial charge is 0.236 e. The molecule has 1 saturated heterocycles. The lowest BCUT2D eigenvalue weighted by molar-refractivity contribution is -0.140. The molecule has 0 bridgehead atoms. The fraction of sp³-hybridized carbons (Fsp3) is 0.636. The standard InChI is InChI=1S/C11H17NO2/c1-4-8(3)11(5-2)7-6-9(13)12-10(11)14/h4H,5-7H2,1-3H3,(H,12,13,14). The number of carbonyl (C=O) groups excluding carboxylic acids is 2. The van der Waals surface area contributed by atoms with Gasteiger partial charge in [-0.25, -0.2) is 0 Å². The normalized spacial score (nSPS) is 28.9. The quantitative estimate of drug-likeness (QED) is 0.539. The third kappa shape index (κ3) is 1.59. The predicted molar refractivity (Wildman–Crippen MR) is 54.5 cm³/mol. The van der Waals surface area contributed by atoms with Gasteiger partial charge in [0.1, 0.15) is 0 Å². The lowest BCUT2D eigenvalue weighted by Gasteiger charge is -2.35. The Morgan fingerprint density at radius 3 is 2.64 bits per heavy atom. The monoisotopic (exact) mass is 195 g/mol. The van der Waals surface area contributed by atoms with Crippen molar-refractivity contribution < 1.29 is 9.59 Å². The molecule has 1 N–H and O–H groups in total. The molecule has 0 aromatic heterocycles. The summed E-state index contributed by atoms with van der Waals surface area (Å²) in [6.07, 6.45) is 3.80. The zero-order valence-electron chi connectivity index (χ0n) is 9.02. The van der Waals surface area contributed by atoms with E-state index in [0.717, 1.165) is 12.0 Å². The molecule has 2 amide bonds. The van der Waals surface area contributed by atoms with Crippen LogP contribution in [0.5, 0.6) is 0 Å². The van der Waals surface area contributed by atoms with Crippen LogP contribution in [0.1, 0.15) is 40.0 Å². The molecule has 0 aromatic carbocycles. The zero-order chi connectivity index (χ0) is 10.8. The summed E-state index contributed by atoms with van der Waals surface area (Å²) in [5.74, 6) is -0.283. The van der Waals surface area contributed by atoms with E-state index in [1.807, 2.05) is 26.8 Å². The van der Waals surface area contributed by atoms with Crippen LogP contribution in [0.25, 0.3) is 0 Å². The molecule has 0 aromatic rings. The first kappa shape index (κ1) is 11.0. The van der Waals surface area contributed by atoms with Crippen molar-refractivity contribution in [2.75, 3.05) is 0 Å². The molecule has 1 atom stereocenters. The van der Waals surface area contributed by atoms with Crippen LogP contribution in [0, 0.1) is 5.41 Å². The maximum Gasteiger partial charge on any atom is 0.236 e. The molecule has 1 aliphatic rings. The van der Waals surface area contributed by atoms with Crippen LogP contribution in [-0.4, -0.2) is 11.8 Å². The van der Waals surface area contributed by atoms with Gasteiger partial charge in [-0.2, -0.15) is 0 Å². The molecule has 1 aliphatic heterocycles. The van der Waals surface area contributed by atoms with E-state index in [0.29, 0.717) is 12.8 Å². The van der Waals surface area contributed by atoms with Crippen LogP contribution in [0.15, 0.2) is 11.6 Å². The highest BCUT2D eigenvalue weighted by Gasteiger charge is 2.42. The Labute approximate surface area is 84.6 Å². The number of nitrogens with one attached hydrogen (secondary N) is 1. The minimum absolute atomic E-state index is 0.133. The van der Waals surface area contributed by atoms with Crippen molar-refractivity contribution in [2.45, 2.75) is 40.0 Å². The molecule has 3 nitrogen and oxygen atoms in total. The number of hydrogen-bond donors (Lipinski definition) is 1. The van der Waals surface area contributed by atoms with Gasteiger partial charge < -0.3 is 0 Å². The molecule has 14 heavy (non-hydrogen) atoms. The van der Waals surface area contributed by atoms with Crippen molar-refractivity contribution in [3.63, 3.8) is 0 Å². The summed E-state index contributed by atoms with van der Waals surface area (Å²) >= 11 is 0. The molecular weight excluding hydrogens is 178 g/mol. The first-order valence-electron chi connectivity index (χ1n) is 5.04. The molecule has 0 aliphatic carbocycles. The SMILES string of the molecule is CC=C(C)C1(CC)CCC(=O)NC1=O. The Hall–Kier alpha value is -1.12. The molecule has 0 radical (unpaired) electrons. The number of hydrogen-bond acceptors (Lipinski definition) is 2. The molecule has 0 saturated carbocycles. The minimum Gasteiger partial charge on any atom is -0.296 e. The van der Waals surface area contributed by atoms with E-state index < -0.39 is 5.41 Å².